The Morgan fingerprint density at radius 2 is 1.56 bits per heavy atom. The van der Waals surface area contributed by atoms with Gasteiger partial charge in [-0.1, -0.05) is 33.6 Å². The number of aliphatic hydroxyl groups is 4. The lowest BCUT2D eigenvalue weighted by atomic mass is 9.73. The quantitative estimate of drug-likeness (QED) is 0.198. The van der Waals surface area contributed by atoms with Crippen molar-refractivity contribution in [2.24, 2.45) is 23.7 Å². The molecule has 0 aromatic heterocycles. The van der Waals surface area contributed by atoms with Gasteiger partial charge in [-0.05, 0) is 74.9 Å². The van der Waals surface area contributed by atoms with Crippen LogP contribution in [0.5, 0.6) is 0 Å². The van der Waals surface area contributed by atoms with Crippen molar-refractivity contribution in [3.8, 4) is 12.3 Å². The molecule has 54 heavy (non-hydrogen) atoms. The molecular weight excluding hydrogens is 702 g/mol. The van der Waals surface area contributed by atoms with E-state index in [4.69, 9.17) is 39.6 Å². The predicted octanol–water partition coefficient (Wildman–Crippen LogP) is 2.44. The monoisotopic (exact) mass is 771 g/mol. The summed E-state index contributed by atoms with van der Waals surface area (Å²) in [5, 5.41) is 45.8. The van der Waals surface area contributed by atoms with Crippen LogP contribution in [0.3, 0.4) is 0 Å². The lowest BCUT2D eigenvalue weighted by Gasteiger charge is -2.50. The van der Waals surface area contributed by atoms with Crippen LogP contribution >= 0.6 is 0 Å². The van der Waals surface area contributed by atoms with E-state index in [1.54, 1.807) is 41.5 Å². The number of carbonyl (C=O) groups excluding carboxylic acids is 2. The number of carbonyl (C=O) groups is 2. The summed E-state index contributed by atoms with van der Waals surface area (Å²) < 4.78 is 44.2. The third-order valence-corrected chi connectivity index (χ3v) is 12.3. The first-order chi connectivity index (χ1) is 25.0. The zero-order valence-corrected chi connectivity index (χ0v) is 34.7. The summed E-state index contributed by atoms with van der Waals surface area (Å²) in [4.78, 5) is 30.2. The number of ether oxygens (including phenoxy) is 7. The maximum absolute atomic E-state index is 14.2. The molecule has 18 atom stereocenters. The lowest BCUT2D eigenvalue weighted by Crippen LogP contribution is -2.61. The van der Waals surface area contributed by atoms with Gasteiger partial charge in [-0.25, -0.2) is 0 Å². The first kappa shape index (κ1) is 46.6. The van der Waals surface area contributed by atoms with Gasteiger partial charge in [0.05, 0.1) is 47.6 Å². The van der Waals surface area contributed by atoms with E-state index in [0.717, 1.165) is 0 Å². The Labute approximate surface area is 322 Å². The molecule has 14 nitrogen and oxygen atoms in total. The van der Waals surface area contributed by atoms with Crippen molar-refractivity contribution in [2.45, 2.75) is 179 Å². The van der Waals surface area contributed by atoms with Gasteiger partial charge in [0.25, 0.3) is 0 Å². The molecule has 312 valence electrons. The van der Waals surface area contributed by atoms with Gasteiger partial charge in [0.2, 0.25) is 0 Å². The molecule has 0 radical (unpaired) electrons. The summed E-state index contributed by atoms with van der Waals surface area (Å²) >= 11 is 0. The smallest absolute Gasteiger partial charge is 0.311 e. The molecule has 0 saturated carbocycles. The first-order valence-electron chi connectivity index (χ1n) is 19.4. The number of cyclic esters (lactones) is 1. The van der Waals surface area contributed by atoms with Crippen molar-refractivity contribution in [1.29, 1.82) is 0 Å². The Morgan fingerprint density at radius 1 is 0.926 bits per heavy atom. The number of esters is 1. The molecule has 3 fully saturated rings. The Kier molecular flexibility index (Phi) is 16.1. The molecule has 14 heteroatoms. The maximum Gasteiger partial charge on any atom is 0.311 e. The molecule has 3 heterocycles. The topological polar surface area (TPSA) is 183 Å². The third kappa shape index (κ3) is 10.0. The number of rotatable bonds is 9. The van der Waals surface area contributed by atoms with Gasteiger partial charge in [0.15, 0.2) is 12.6 Å². The second-order valence-electron chi connectivity index (χ2n) is 16.9. The Bertz CT molecular complexity index is 1290. The van der Waals surface area contributed by atoms with E-state index in [2.05, 4.69) is 5.92 Å². The zero-order chi connectivity index (χ0) is 41.1. The van der Waals surface area contributed by atoms with Gasteiger partial charge in [0.1, 0.15) is 36.3 Å². The van der Waals surface area contributed by atoms with E-state index >= 15 is 0 Å². The van der Waals surface area contributed by atoms with Gasteiger partial charge in [-0.15, -0.1) is 6.42 Å². The fourth-order valence-electron chi connectivity index (χ4n) is 8.73. The predicted molar refractivity (Wildman–Crippen MR) is 199 cm³/mol. The zero-order valence-electron chi connectivity index (χ0n) is 34.7. The van der Waals surface area contributed by atoms with Crippen LogP contribution in [-0.2, 0) is 42.7 Å². The van der Waals surface area contributed by atoms with E-state index in [1.807, 2.05) is 32.8 Å². The SMILES string of the molecule is C#CCO[C@@]1(C)C[C@@H](C)C(=O)[C@@H](C)[C@@H](O)[C@](C)(O)[C@H](CC)OC(=O)[C@H](C)[C@@H](O[C@H]2C[C@@](C)(OC)[C@@H](O)[C@H](C)O2)[C@H](C)[C@H]1O[C@@H]1O[C@H](C)C[C@H](N(C)C)[C@H]1O. The minimum atomic E-state index is -1.99. The minimum Gasteiger partial charge on any atom is -0.459 e. The summed E-state index contributed by atoms with van der Waals surface area (Å²) in [6.07, 6.45) is -3.54. The van der Waals surface area contributed by atoms with Crippen molar-refractivity contribution in [3.05, 3.63) is 0 Å². The Morgan fingerprint density at radius 3 is 2.11 bits per heavy atom. The van der Waals surface area contributed by atoms with Crippen LogP contribution in [0.4, 0.5) is 0 Å². The molecule has 4 N–H and O–H groups in total. The van der Waals surface area contributed by atoms with E-state index in [9.17, 15) is 30.0 Å². The Balaban J connectivity index is 2.27. The van der Waals surface area contributed by atoms with Crippen molar-refractivity contribution < 1.29 is 63.2 Å². The van der Waals surface area contributed by atoms with E-state index in [0.29, 0.717) is 6.42 Å². The van der Waals surface area contributed by atoms with Crippen LogP contribution in [0.1, 0.15) is 94.9 Å². The number of nitrogens with zero attached hydrogens (tertiary/aromatic N) is 1. The Hall–Kier alpha value is -1.74. The van der Waals surface area contributed by atoms with Crippen LogP contribution in [0.2, 0.25) is 0 Å². The molecule has 0 amide bonds. The number of methoxy groups -OCH3 is 1. The molecule has 0 bridgehead atoms. The fraction of sp³-hybridized carbons (Fsp3) is 0.900. The second kappa shape index (κ2) is 18.7. The number of Topliss-reactive ketones (excluding diaryl/α,β-unsaturated/α-hetero) is 1. The average Bonchev–Trinajstić information content (AvgIpc) is 3.11. The van der Waals surface area contributed by atoms with Crippen LogP contribution in [0.25, 0.3) is 0 Å². The van der Waals surface area contributed by atoms with Gasteiger partial charge in [-0.3, -0.25) is 9.59 Å². The minimum absolute atomic E-state index is 0.0326. The van der Waals surface area contributed by atoms with Crippen molar-refractivity contribution in [1.82, 2.24) is 4.90 Å². The standard InChI is InChI=1S/C40H69NO13/c1-15-17-49-39(10)19-21(3)30(42)23(5)33(44)40(11,47)28(16-2)52-36(46)25(7)32(53-29-20-38(9,48-14)34(45)26(8)51-29)24(6)35(39)54-37-31(43)27(41(12)13)18-22(4)50-37/h1,21-29,31-35,37,43-45,47H,16-20H2,2-14H3/t21-,22-,23-,24+,25-,26+,27+,28+,29+,31-,32+,33-,34+,35-,37+,38-,39+,40-/m1/s1. The van der Waals surface area contributed by atoms with Crippen LogP contribution in [0.15, 0.2) is 0 Å². The number of aliphatic hydroxyl groups excluding tert-OH is 3. The number of hydrogen-bond acceptors (Lipinski definition) is 14. The van der Waals surface area contributed by atoms with Crippen molar-refractivity contribution in [3.63, 3.8) is 0 Å². The summed E-state index contributed by atoms with van der Waals surface area (Å²) in [5.74, 6) is -2.23. The molecular formula is C40H69NO13. The third-order valence-electron chi connectivity index (χ3n) is 12.3. The molecule has 0 aromatic carbocycles. The highest BCUT2D eigenvalue weighted by Crippen LogP contribution is 2.42. The number of likely N-dealkylation sites (N-methyl/N-ethyl adjacent to an activating group) is 1. The molecule has 3 aliphatic heterocycles. The maximum atomic E-state index is 14.2. The van der Waals surface area contributed by atoms with Crippen LogP contribution in [-0.4, -0.2) is 149 Å². The highest BCUT2D eigenvalue weighted by atomic mass is 16.7. The van der Waals surface area contributed by atoms with Gasteiger partial charge in [-0.2, -0.15) is 0 Å². The summed E-state index contributed by atoms with van der Waals surface area (Å²) in [6.45, 7) is 16.7. The van der Waals surface area contributed by atoms with Crippen LogP contribution < -0.4 is 0 Å². The van der Waals surface area contributed by atoms with Crippen LogP contribution in [0, 0.1) is 36.0 Å². The molecule has 0 aliphatic carbocycles. The molecule has 0 unspecified atom stereocenters. The average molecular weight is 772 g/mol. The normalized spacial score (nSPS) is 47.5. The summed E-state index contributed by atoms with van der Waals surface area (Å²) in [6, 6.07) is -0.316. The van der Waals surface area contributed by atoms with Crippen molar-refractivity contribution >= 4 is 11.8 Å². The number of ketones is 1. The summed E-state index contributed by atoms with van der Waals surface area (Å²) in [5.41, 5.74) is -4.43. The lowest BCUT2D eigenvalue weighted by molar-refractivity contribution is -0.320. The fourth-order valence-corrected chi connectivity index (χ4v) is 8.73. The molecule has 0 spiro atoms. The molecule has 3 rings (SSSR count). The van der Waals surface area contributed by atoms with Gasteiger partial charge < -0.3 is 58.5 Å². The van der Waals surface area contributed by atoms with E-state index in [-0.39, 0.29) is 43.8 Å². The largest absolute Gasteiger partial charge is 0.459 e. The van der Waals surface area contributed by atoms with E-state index < -0.39 is 102 Å². The molecule has 0 aromatic rings. The second-order valence-corrected chi connectivity index (χ2v) is 16.9. The highest BCUT2D eigenvalue weighted by molar-refractivity contribution is 5.83. The molecule has 3 aliphatic rings. The number of hydrogen-bond donors (Lipinski definition) is 4. The van der Waals surface area contributed by atoms with Gasteiger partial charge >= 0.3 is 5.97 Å². The first-order valence-corrected chi connectivity index (χ1v) is 19.4. The van der Waals surface area contributed by atoms with Gasteiger partial charge in [0, 0.05) is 37.3 Å². The number of terminal acetylenes is 1. The van der Waals surface area contributed by atoms with E-state index in [1.165, 1.54) is 21.0 Å². The van der Waals surface area contributed by atoms with Crippen molar-refractivity contribution in [2.75, 3.05) is 27.8 Å². The summed E-state index contributed by atoms with van der Waals surface area (Å²) in [7, 11) is 5.22. The molecule has 3 saturated heterocycles. The highest BCUT2D eigenvalue weighted by Gasteiger charge is 2.54.